The van der Waals surface area contributed by atoms with Crippen LogP contribution in [0.4, 0.5) is 5.88 Å². The minimum Gasteiger partial charge on any atom is -0.497 e. The molecule has 3 aromatic rings. The molecule has 32 heavy (non-hydrogen) atoms. The highest BCUT2D eigenvalue weighted by atomic mass is 32.2. The van der Waals surface area contributed by atoms with E-state index < -0.39 is 9.84 Å². The van der Waals surface area contributed by atoms with Gasteiger partial charge in [-0.25, -0.2) is 8.42 Å². The Hall–Kier alpha value is -3.24. The first kappa shape index (κ1) is 22.0. The van der Waals surface area contributed by atoms with E-state index in [-0.39, 0.29) is 21.7 Å². The van der Waals surface area contributed by atoms with Crippen molar-refractivity contribution in [3.8, 4) is 28.7 Å². The molecule has 0 spiro atoms. The van der Waals surface area contributed by atoms with Crippen molar-refractivity contribution in [2.75, 3.05) is 52.8 Å². The highest BCUT2D eigenvalue weighted by Crippen LogP contribution is 2.37. The van der Waals surface area contributed by atoms with Crippen LogP contribution < -0.4 is 19.5 Å². The molecule has 0 unspecified atom stereocenters. The van der Waals surface area contributed by atoms with Crippen LogP contribution >= 0.6 is 0 Å². The van der Waals surface area contributed by atoms with Crippen molar-refractivity contribution in [3.05, 3.63) is 42.5 Å². The molecule has 0 radical (unpaired) electrons. The molecule has 0 amide bonds. The number of sulfone groups is 1. The van der Waals surface area contributed by atoms with Crippen LogP contribution in [0.25, 0.3) is 11.5 Å². The van der Waals surface area contributed by atoms with E-state index >= 15 is 0 Å². The molecule has 1 N–H and O–H groups in total. The fraction of sp³-hybridized carbons (Fsp3) is 0.318. The minimum absolute atomic E-state index is 0.0481. The zero-order valence-corrected chi connectivity index (χ0v) is 18.9. The van der Waals surface area contributed by atoms with Crippen molar-refractivity contribution in [2.24, 2.45) is 0 Å². The number of anilines is 1. The summed E-state index contributed by atoms with van der Waals surface area (Å²) in [6.07, 6.45) is 0. The van der Waals surface area contributed by atoms with Crippen molar-refractivity contribution < 1.29 is 27.0 Å². The summed E-state index contributed by atoms with van der Waals surface area (Å²) in [5, 5.41) is 2.88. The van der Waals surface area contributed by atoms with Crippen LogP contribution in [0.15, 0.2) is 56.8 Å². The van der Waals surface area contributed by atoms with Crippen LogP contribution in [0.3, 0.4) is 0 Å². The highest BCUT2D eigenvalue weighted by Gasteiger charge is 2.30. The second kappa shape index (κ2) is 9.09. The van der Waals surface area contributed by atoms with Gasteiger partial charge in [0.25, 0.3) is 0 Å². The second-order valence-electron chi connectivity index (χ2n) is 7.42. The van der Waals surface area contributed by atoms with Crippen LogP contribution in [0.5, 0.6) is 17.2 Å². The number of hydrogen-bond donors (Lipinski definition) is 1. The number of benzene rings is 2. The summed E-state index contributed by atoms with van der Waals surface area (Å²) in [5.74, 6) is 1.86. The number of fused-ring (bicyclic) bond motifs is 1. The van der Waals surface area contributed by atoms with Gasteiger partial charge in [-0.3, -0.25) is 0 Å². The van der Waals surface area contributed by atoms with Crippen LogP contribution in [0.1, 0.15) is 0 Å². The van der Waals surface area contributed by atoms with Gasteiger partial charge < -0.3 is 28.8 Å². The SMILES string of the molecule is COc1ccc(-c2nc(S(=O)(=O)c3ccc4c(c3)OCCO4)c(NCCN(C)C)o2)cc1. The molecule has 0 saturated carbocycles. The van der Waals surface area contributed by atoms with Crippen molar-refractivity contribution in [1.82, 2.24) is 9.88 Å². The predicted octanol–water partition coefficient (Wildman–Crippen LogP) is 2.93. The van der Waals surface area contributed by atoms with Crippen molar-refractivity contribution in [2.45, 2.75) is 9.92 Å². The molecule has 10 heteroatoms. The van der Waals surface area contributed by atoms with Gasteiger partial charge in [0.15, 0.2) is 11.5 Å². The quantitative estimate of drug-likeness (QED) is 0.544. The average molecular weight is 460 g/mol. The van der Waals surface area contributed by atoms with Gasteiger partial charge in [-0.15, -0.1) is 0 Å². The second-order valence-corrected chi connectivity index (χ2v) is 9.29. The molecular weight excluding hydrogens is 434 g/mol. The van der Waals surface area contributed by atoms with Crippen LogP contribution in [0.2, 0.25) is 0 Å². The van der Waals surface area contributed by atoms with Gasteiger partial charge in [0.05, 0.1) is 12.0 Å². The first-order chi connectivity index (χ1) is 15.4. The molecule has 2 aromatic carbocycles. The third-order valence-corrected chi connectivity index (χ3v) is 6.52. The molecule has 0 atom stereocenters. The van der Waals surface area contributed by atoms with E-state index in [4.69, 9.17) is 18.6 Å². The van der Waals surface area contributed by atoms with Gasteiger partial charge in [0.1, 0.15) is 19.0 Å². The summed E-state index contributed by atoms with van der Waals surface area (Å²) in [6.45, 7) is 1.95. The Labute approximate surface area is 186 Å². The summed E-state index contributed by atoms with van der Waals surface area (Å²) in [4.78, 5) is 6.37. The van der Waals surface area contributed by atoms with E-state index in [1.807, 2.05) is 19.0 Å². The molecule has 4 rings (SSSR count). The first-order valence-corrected chi connectivity index (χ1v) is 11.6. The van der Waals surface area contributed by atoms with Gasteiger partial charge >= 0.3 is 0 Å². The maximum atomic E-state index is 13.5. The Kier molecular flexibility index (Phi) is 6.24. The zero-order valence-electron chi connectivity index (χ0n) is 18.1. The van der Waals surface area contributed by atoms with Gasteiger partial charge in [-0.05, 0) is 50.5 Å². The Morgan fingerprint density at radius 2 is 1.78 bits per heavy atom. The van der Waals surface area contributed by atoms with Crippen molar-refractivity contribution in [1.29, 1.82) is 0 Å². The molecule has 0 bridgehead atoms. The number of nitrogens with zero attached hydrogens (tertiary/aromatic N) is 2. The number of ether oxygens (including phenoxy) is 3. The molecule has 170 valence electrons. The number of rotatable bonds is 8. The fourth-order valence-corrected chi connectivity index (χ4v) is 4.45. The molecule has 0 saturated heterocycles. The summed E-state index contributed by atoms with van der Waals surface area (Å²) in [7, 11) is 1.44. The summed E-state index contributed by atoms with van der Waals surface area (Å²) in [5.41, 5.74) is 0.630. The van der Waals surface area contributed by atoms with Crippen molar-refractivity contribution >= 4 is 15.7 Å². The van der Waals surface area contributed by atoms with Gasteiger partial charge in [-0.2, -0.15) is 4.98 Å². The van der Waals surface area contributed by atoms with Crippen LogP contribution in [-0.4, -0.2) is 65.8 Å². The van der Waals surface area contributed by atoms with E-state index in [1.165, 1.54) is 12.1 Å². The monoisotopic (exact) mass is 459 g/mol. The fourth-order valence-electron chi connectivity index (χ4n) is 3.15. The van der Waals surface area contributed by atoms with Gasteiger partial charge in [0.2, 0.25) is 26.6 Å². The molecular formula is C22H25N3O6S. The summed E-state index contributed by atoms with van der Waals surface area (Å²) >= 11 is 0. The summed E-state index contributed by atoms with van der Waals surface area (Å²) < 4.78 is 49.1. The topological polar surface area (TPSA) is 103 Å². The Morgan fingerprint density at radius 1 is 1.06 bits per heavy atom. The van der Waals surface area contributed by atoms with Crippen LogP contribution in [-0.2, 0) is 9.84 Å². The zero-order chi connectivity index (χ0) is 22.7. The lowest BCUT2D eigenvalue weighted by Crippen LogP contribution is -2.21. The minimum atomic E-state index is -3.99. The molecule has 9 nitrogen and oxygen atoms in total. The predicted molar refractivity (Wildman–Crippen MR) is 118 cm³/mol. The Balaban J connectivity index is 1.73. The van der Waals surface area contributed by atoms with E-state index in [0.29, 0.717) is 49.1 Å². The number of nitrogens with one attached hydrogen (secondary N) is 1. The van der Waals surface area contributed by atoms with Crippen LogP contribution in [0, 0.1) is 0 Å². The van der Waals surface area contributed by atoms with E-state index in [0.717, 1.165) is 0 Å². The van der Waals surface area contributed by atoms with E-state index in [2.05, 4.69) is 10.3 Å². The lowest BCUT2D eigenvalue weighted by atomic mass is 10.2. The van der Waals surface area contributed by atoms with E-state index in [9.17, 15) is 8.42 Å². The lowest BCUT2D eigenvalue weighted by molar-refractivity contribution is 0.171. The normalized spacial score (nSPS) is 13.2. The average Bonchev–Trinajstić information content (AvgIpc) is 3.23. The number of likely N-dealkylation sites (N-methyl/N-ethyl adjacent to an activating group) is 1. The number of aromatic nitrogens is 1. The van der Waals surface area contributed by atoms with Gasteiger partial charge in [-0.1, -0.05) is 0 Å². The standard InChI is InChI=1S/C22H25N3O6S/c1-25(2)11-10-23-21-22(24-20(31-21)15-4-6-16(28-3)7-5-15)32(26,27)17-8-9-18-19(14-17)30-13-12-29-18/h4-9,14,23H,10-13H2,1-3H3. The Morgan fingerprint density at radius 3 is 2.47 bits per heavy atom. The maximum absolute atomic E-state index is 13.5. The molecule has 1 aliphatic heterocycles. The summed E-state index contributed by atoms with van der Waals surface area (Å²) in [6, 6.07) is 11.6. The number of methoxy groups -OCH3 is 1. The number of hydrogen-bond acceptors (Lipinski definition) is 9. The molecule has 2 heterocycles. The third-order valence-electron chi connectivity index (χ3n) is 4.86. The largest absolute Gasteiger partial charge is 0.497 e. The molecule has 0 aliphatic carbocycles. The lowest BCUT2D eigenvalue weighted by Gasteiger charge is -2.18. The smallest absolute Gasteiger partial charge is 0.233 e. The first-order valence-electron chi connectivity index (χ1n) is 10.1. The number of oxazole rings is 1. The highest BCUT2D eigenvalue weighted by molar-refractivity contribution is 7.91. The third kappa shape index (κ3) is 4.51. The Bertz CT molecular complexity index is 1190. The molecule has 0 fully saturated rings. The van der Waals surface area contributed by atoms with Gasteiger partial charge in [0, 0.05) is 24.7 Å². The van der Waals surface area contributed by atoms with Crippen molar-refractivity contribution in [3.63, 3.8) is 0 Å². The molecule has 1 aliphatic rings. The molecule has 1 aromatic heterocycles. The van der Waals surface area contributed by atoms with E-state index in [1.54, 1.807) is 37.4 Å². The maximum Gasteiger partial charge on any atom is 0.233 e.